The van der Waals surface area contributed by atoms with E-state index in [4.69, 9.17) is 0 Å². The third-order valence-corrected chi connectivity index (χ3v) is 3.53. The molecule has 0 radical (unpaired) electrons. The van der Waals surface area contributed by atoms with Crippen molar-refractivity contribution in [2.75, 3.05) is 0 Å². The Kier molecular flexibility index (Phi) is 4.83. The fraction of sp³-hybridized carbons (Fsp3) is 0.471. The number of carbonyl (C=O) groups excluding carboxylic acids is 1. The Morgan fingerprint density at radius 2 is 2.00 bits per heavy atom. The van der Waals surface area contributed by atoms with E-state index in [2.05, 4.69) is 43.2 Å². The fourth-order valence-corrected chi connectivity index (χ4v) is 2.70. The van der Waals surface area contributed by atoms with Crippen molar-refractivity contribution in [2.24, 2.45) is 5.92 Å². The summed E-state index contributed by atoms with van der Waals surface area (Å²) in [5, 5.41) is 4.29. The Hall–Kier alpha value is -1.77. The molecule has 2 rings (SSSR count). The molecule has 2 N–H and O–H groups in total. The average molecular weight is 272 g/mol. The molecule has 20 heavy (non-hydrogen) atoms. The van der Waals surface area contributed by atoms with Crippen molar-refractivity contribution in [1.29, 1.82) is 0 Å². The summed E-state index contributed by atoms with van der Waals surface area (Å²) >= 11 is 0. The van der Waals surface area contributed by atoms with Crippen LogP contribution in [0.2, 0.25) is 0 Å². The molecular formula is C17H24N2O. The lowest BCUT2D eigenvalue weighted by Gasteiger charge is -2.15. The molecule has 3 nitrogen and oxygen atoms in total. The molecule has 0 fully saturated rings. The van der Waals surface area contributed by atoms with Gasteiger partial charge in [-0.3, -0.25) is 4.79 Å². The molecule has 1 atom stereocenters. The topological polar surface area (TPSA) is 44.9 Å². The standard InChI is InChI=1S/C17H24N2O/c1-12(2)10-13(3)19-17(20)9-8-14-11-18-16-7-5-4-6-15(14)16/h4-7,11-13,18H,8-10H2,1-3H3,(H,19,20)/t13-/m1/s1. The molecule has 0 aliphatic carbocycles. The van der Waals surface area contributed by atoms with Gasteiger partial charge in [0.05, 0.1) is 0 Å². The second-order valence-electron chi connectivity index (χ2n) is 5.96. The van der Waals surface area contributed by atoms with Gasteiger partial charge in [-0.25, -0.2) is 0 Å². The number of amides is 1. The maximum absolute atomic E-state index is 11.9. The van der Waals surface area contributed by atoms with Crippen LogP contribution in [0.15, 0.2) is 30.5 Å². The fourth-order valence-electron chi connectivity index (χ4n) is 2.70. The third kappa shape index (κ3) is 3.86. The maximum Gasteiger partial charge on any atom is 0.220 e. The number of carbonyl (C=O) groups is 1. The first-order valence-electron chi connectivity index (χ1n) is 7.40. The van der Waals surface area contributed by atoms with Crippen LogP contribution in [0.3, 0.4) is 0 Å². The Balaban J connectivity index is 1.87. The Labute approximate surface area is 120 Å². The number of aryl methyl sites for hydroxylation is 1. The normalized spacial score (nSPS) is 12.8. The van der Waals surface area contributed by atoms with Crippen LogP contribution in [0.4, 0.5) is 0 Å². The SMILES string of the molecule is CC(C)C[C@@H](C)NC(=O)CCc1c[nH]c2ccccc12. The summed E-state index contributed by atoms with van der Waals surface area (Å²) in [6.45, 7) is 6.42. The quantitative estimate of drug-likeness (QED) is 0.828. The van der Waals surface area contributed by atoms with Gasteiger partial charge in [-0.2, -0.15) is 0 Å². The molecule has 3 heteroatoms. The number of para-hydroxylation sites is 1. The number of H-pyrrole nitrogens is 1. The van der Waals surface area contributed by atoms with E-state index in [0.717, 1.165) is 18.4 Å². The lowest BCUT2D eigenvalue weighted by molar-refractivity contribution is -0.121. The Morgan fingerprint density at radius 1 is 1.25 bits per heavy atom. The van der Waals surface area contributed by atoms with Crippen molar-refractivity contribution in [3.05, 3.63) is 36.0 Å². The van der Waals surface area contributed by atoms with Crippen LogP contribution in [0.25, 0.3) is 10.9 Å². The highest BCUT2D eigenvalue weighted by atomic mass is 16.1. The number of nitrogens with one attached hydrogen (secondary N) is 2. The molecule has 0 aliphatic rings. The third-order valence-electron chi connectivity index (χ3n) is 3.53. The molecule has 1 amide bonds. The smallest absolute Gasteiger partial charge is 0.220 e. The van der Waals surface area contributed by atoms with Gasteiger partial charge in [-0.05, 0) is 37.3 Å². The molecule has 0 saturated heterocycles. The highest BCUT2D eigenvalue weighted by Crippen LogP contribution is 2.18. The van der Waals surface area contributed by atoms with Crippen molar-refractivity contribution in [3.8, 4) is 0 Å². The monoisotopic (exact) mass is 272 g/mol. The molecule has 2 aromatic rings. The molecule has 0 bridgehead atoms. The second kappa shape index (κ2) is 6.60. The Morgan fingerprint density at radius 3 is 2.75 bits per heavy atom. The van der Waals surface area contributed by atoms with E-state index >= 15 is 0 Å². The van der Waals surface area contributed by atoms with E-state index in [9.17, 15) is 4.79 Å². The lowest BCUT2D eigenvalue weighted by Crippen LogP contribution is -2.33. The maximum atomic E-state index is 11.9. The van der Waals surface area contributed by atoms with Gasteiger partial charge in [0.2, 0.25) is 5.91 Å². The van der Waals surface area contributed by atoms with E-state index in [-0.39, 0.29) is 11.9 Å². The average Bonchev–Trinajstić information content (AvgIpc) is 2.78. The minimum atomic E-state index is 0.142. The van der Waals surface area contributed by atoms with E-state index in [1.54, 1.807) is 0 Å². The van der Waals surface area contributed by atoms with Gasteiger partial charge >= 0.3 is 0 Å². The highest BCUT2D eigenvalue weighted by molar-refractivity contribution is 5.84. The number of aromatic amines is 1. The van der Waals surface area contributed by atoms with E-state index in [1.165, 1.54) is 10.9 Å². The minimum Gasteiger partial charge on any atom is -0.361 e. The summed E-state index contributed by atoms with van der Waals surface area (Å²) in [7, 11) is 0. The number of aromatic nitrogens is 1. The summed E-state index contributed by atoms with van der Waals surface area (Å²) in [5.41, 5.74) is 2.35. The molecule has 1 aromatic carbocycles. The van der Waals surface area contributed by atoms with Gasteiger partial charge in [0.15, 0.2) is 0 Å². The van der Waals surface area contributed by atoms with Crippen LogP contribution >= 0.6 is 0 Å². The molecule has 0 saturated carbocycles. The number of rotatable bonds is 6. The van der Waals surface area contributed by atoms with Crippen molar-refractivity contribution in [1.82, 2.24) is 10.3 Å². The van der Waals surface area contributed by atoms with Gasteiger partial charge in [-0.1, -0.05) is 32.0 Å². The van der Waals surface area contributed by atoms with Gasteiger partial charge < -0.3 is 10.3 Å². The Bertz CT molecular complexity index is 571. The summed E-state index contributed by atoms with van der Waals surface area (Å²) in [5.74, 6) is 0.752. The number of fused-ring (bicyclic) bond motifs is 1. The summed E-state index contributed by atoms with van der Waals surface area (Å²) < 4.78 is 0. The molecule has 1 heterocycles. The van der Waals surface area contributed by atoms with Gasteiger partial charge in [-0.15, -0.1) is 0 Å². The zero-order valence-corrected chi connectivity index (χ0v) is 12.6. The molecule has 108 valence electrons. The first kappa shape index (κ1) is 14.6. The van der Waals surface area contributed by atoms with Crippen LogP contribution in [0, 0.1) is 5.92 Å². The molecular weight excluding hydrogens is 248 g/mol. The van der Waals surface area contributed by atoms with Crippen LogP contribution in [-0.2, 0) is 11.2 Å². The molecule has 0 aliphatic heterocycles. The first-order chi connectivity index (χ1) is 9.56. The predicted molar refractivity (Wildman–Crippen MR) is 83.7 cm³/mol. The highest BCUT2D eigenvalue weighted by Gasteiger charge is 2.10. The number of hydrogen-bond donors (Lipinski definition) is 2. The van der Waals surface area contributed by atoms with E-state index in [1.807, 2.05) is 18.3 Å². The van der Waals surface area contributed by atoms with Crippen LogP contribution < -0.4 is 5.32 Å². The van der Waals surface area contributed by atoms with Crippen molar-refractivity contribution >= 4 is 16.8 Å². The van der Waals surface area contributed by atoms with Crippen molar-refractivity contribution in [2.45, 2.75) is 46.1 Å². The predicted octanol–water partition coefficient (Wildman–Crippen LogP) is 3.65. The van der Waals surface area contributed by atoms with Gasteiger partial charge in [0.1, 0.15) is 0 Å². The zero-order valence-electron chi connectivity index (χ0n) is 12.6. The summed E-state index contributed by atoms with van der Waals surface area (Å²) in [4.78, 5) is 15.2. The summed E-state index contributed by atoms with van der Waals surface area (Å²) in [6, 6.07) is 8.46. The van der Waals surface area contributed by atoms with Crippen LogP contribution in [0.5, 0.6) is 0 Å². The molecule has 0 spiro atoms. The van der Waals surface area contributed by atoms with Gasteiger partial charge in [0, 0.05) is 29.6 Å². The molecule has 0 unspecified atom stereocenters. The van der Waals surface area contributed by atoms with Crippen LogP contribution in [-0.4, -0.2) is 16.9 Å². The lowest BCUT2D eigenvalue weighted by atomic mass is 10.0. The number of benzene rings is 1. The minimum absolute atomic E-state index is 0.142. The zero-order chi connectivity index (χ0) is 14.5. The van der Waals surface area contributed by atoms with Crippen LogP contribution in [0.1, 0.15) is 39.2 Å². The first-order valence-corrected chi connectivity index (χ1v) is 7.40. The summed E-state index contributed by atoms with van der Waals surface area (Å²) in [6.07, 6.45) is 4.36. The van der Waals surface area contributed by atoms with Crippen molar-refractivity contribution < 1.29 is 4.79 Å². The largest absolute Gasteiger partial charge is 0.361 e. The van der Waals surface area contributed by atoms with E-state index in [0.29, 0.717) is 12.3 Å². The second-order valence-corrected chi connectivity index (χ2v) is 5.96. The van der Waals surface area contributed by atoms with E-state index < -0.39 is 0 Å². The number of hydrogen-bond acceptors (Lipinski definition) is 1. The van der Waals surface area contributed by atoms with Gasteiger partial charge in [0.25, 0.3) is 0 Å². The molecule has 1 aromatic heterocycles. The van der Waals surface area contributed by atoms with Crippen molar-refractivity contribution in [3.63, 3.8) is 0 Å².